The minimum atomic E-state index is -3.60. The number of hydrogen-bond acceptors (Lipinski definition) is 3. The van der Waals surface area contributed by atoms with Crippen molar-refractivity contribution < 1.29 is 17.5 Å². The molecule has 1 aliphatic rings. The van der Waals surface area contributed by atoms with Crippen molar-refractivity contribution in [2.45, 2.75) is 30.4 Å². The molecule has 25 heavy (non-hydrogen) atoms. The van der Waals surface area contributed by atoms with Crippen molar-refractivity contribution in [2.75, 3.05) is 13.1 Å². The summed E-state index contributed by atoms with van der Waals surface area (Å²) in [5.74, 6) is -0.310. The van der Waals surface area contributed by atoms with Crippen LogP contribution in [0.15, 0.2) is 53.4 Å². The lowest BCUT2D eigenvalue weighted by atomic mass is 10.1. The van der Waals surface area contributed by atoms with Crippen LogP contribution in [0.5, 0.6) is 0 Å². The van der Waals surface area contributed by atoms with Crippen LogP contribution >= 0.6 is 11.6 Å². The fraction of sp³-hybridized carbons (Fsp3) is 0.333. The van der Waals surface area contributed by atoms with Crippen molar-refractivity contribution in [2.24, 2.45) is 0 Å². The molecule has 1 fully saturated rings. The van der Waals surface area contributed by atoms with Crippen LogP contribution in [-0.4, -0.2) is 31.9 Å². The standard InChI is InChI=1S/C18H19ClFNO3S/c19-15-5-2-8-18(11-15)25(22,23)21-9-3-7-17(12-21)24-13-14-4-1-6-16(20)10-14/h1-2,4-6,8,10-11,17H,3,7,9,12-13H2. The highest BCUT2D eigenvalue weighted by Crippen LogP contribution is 2.24. The first-order chi connectivity index (χ1) is 11.9. The maximum absolute atomic E-state index is 13.2. The third-order valence-corrected chi connectivity index (χ3v) is 6.25. The normalized spacial score (nSPS) is 19.0. The van der Waals surface area contributed by atoms with Gasteiger partial charge < -0.3 is 4.74 Å². The molecular weight excluding hydrogens is 365 g/mol. The molecule has 1 saturated heterocycles. The molecular formula is C18H19ClFNO3S. The summed E-state index contributed by atoms with van der Waals surface area (Å²) in [6.45, 7) is 0.992. The van der Waals surface area contributed by atoms with Crippen molar-refractivity contribution in [3.05, 3.63) is 64.9 Å². The quantitative estimate of drug-likeness (QED) is 0.787. The Balaban J connectivity index is 1.66. The summed E-state index contributed by atoms with van der Waals surface area (Å²) in [7, 11) is -3.60. The third kappa shape index (κ3) is 4.58. The fourth-order valence-corrected chi connectivity index (χ4v) is 4.69. The second-order valence-corrected chi connectivity index (χ2v) is 8.40. The van der Waals surface area contributed by atoms with Gasteiger partial charge in [0.1, 0.15) is 5.82 Å². The van der Waals surface area contributed by atoms with Gasteiger partial charge in [-0.15, -0.1) is 0 Å². The smallest absolute Gasteiger partial charge is 0.243 e. The molecule has 7 heteroatoms. The number of nitrogens with zero attached hydrogens (tertiary/aromatic N) is 1. The highest BCUT2D eigenvalue weighted by molar-refractivity contribution is 7.89. The van der Waals surface area contributed by atoms with E-state index in [1.165, 1.54) is 22.5 Å². The molecule has 1 unspecified atom stereocenters. The van der Waals surface area contributed by atoms with E-state index in [4.69, 9.17) is 16.3 Å². The Morgan fingerprint density at radius 1 is 1.20 bits per heavy atom. The maximum atomic E-state index is 13.2. The van der Waals surface area contributed by atoms with Crippen LogP contribution in [0.4, 0.5) is 4.39 Å². The Labute approximate surface area is 152 Å². The van der Waals surface area contributed by atoms with Gasteiger partial charge in [0, 0.05) is 18.1 Å². The monoisotopic (exact) mass is 383 g/mol. The molecule has 1 heterocycles. The zero-order chi connectivity index (χ0) is 17.9. The first-order valence-electron chi connectivity index (χ1n) is 8.07. The lowest BCUT2D eigenvalue weighted by Gasteiger charge is -2.32. The molecule has 134 valence electrons. The number of halogens is 2. The Morgan fingerprint density at radius 2 is 2.00 bits per heavy atom. The van der Waals surface area contributed by atoms with Crippen molar-refractivity contribution >= 4 is 21.6 Å². The number of sulfonamides is 1. The molecule has 2 aromatic rings. The summed E-state index contributed by atoms with van der Waals surface area (Å²) in [5.41, 5.74) is 0.731. The summed E-state index contributed by atoms with van der Waals surface area (Å²) in [5, 5.41) is 0.386. The van der Waals surface area contributed by atoms with Gasteiger partial charge in [-0.1, -0.05) is 29.8 Å². The molecule has 2 aromatic carbocycles. The zero-order valence-corrected chi connectivity index (χ0v) is 15.1. The van der Waals surface area contributed by atoms with E-state index in [2.05, 4.69) is 0 Å². The van der Waals surface area contributed by atoms with Crippen molar-refractivity contribution in [3.8, 4) is 0 Å². The summed E-state index contributed by atoms with van der Waals surface area (Å²) < 4.78 is 46.0. The van der Waals surface area contributed by atoms with E-state index in [0.29, 0.717) is 18.0 Å². The van der Waals surface area contributed by atoms with Crippen molar-refractivity contribution in [1.82, 2.24) is 4.31 Å². The predicted octanol–water partition coefficient (Wildman–Crippen LogP) is 3.85. The van der Waals surface area contributed by atoms with E-state index < -0.39 is 10.0 Å². The fourth-order valence-electron chi connectivity index (χ4n) is 2.88. The van der Waals surface area contributed by atoms with Gasteiger partial charge in [0.05, 0.1) is 17.6 Å². The Hall–Kier alpha value is -1.47. The van der Waals surface area contributed by atoms with Gasteiger partial charge in [-0.05, 0) is 48.7 Å². The molecule has 0 spiro atoms. The lowest BCUT2D eigenvalue weighted by Crippen LogP contribution is -2.43. The average molecular weight is 384 g/mol. The summed E-state index contributed by atoms with van der Waals surface area (Å²) in [6.07, 6.45) is 1.27. The van der Waals surface area contributed by atoms with E-state index in [-0.39, 0.29) is 30.0 Å². The van der Waals surface area contributed by atoms with Crippen LogP contribution in [-0.2, 0) is 21.4 Å². The van der Waals surface area contributed by atoms with E-state index in [1.807, 2.05) is 0 Å². The van der Waals surface area contributed by atoms with E-state index in [9.17, 15) is 12.8 Å². The molecule has 0 bridgehead atoms. The molecule has 0 aromatic heterocycles. The van der Waals surface area contributed by atoms with Gasteiger partial charge in [-0.3, -0.25) is 0 Å². The van der Waals surface area contributed by atoms with Gasteiger partial charge in [-0.2, -0.15) is 4.31 Å². The molecule has 3 rings (SSSR count). The molecule has 0 N–H and O–H groups in total. The summed E-state index contributed by atoms with van der Waals surface area (Å²) >= 11 is 5.91. The number of benzene rings is 2. The van der Waals surface area contributed by atoms with Crippen LogP contribution in [0.2, 0.25) is 5.02 Å². The topological polar surface area (TPSA) is 46.6 Å². The molecule has 1 aliphatic heterocycles. The van der Waals surface area contributed by atoms with Crippen LogP contribution in [0, 0.1) is 5.82 Å². The number of ether oxygens (including phenoxy) is 1. The second kappa shape index (κ2) is 7.83. The first-order valence-corrected chi connectivity index (χ1v) is 9.89. The van der Waals surface area contributed by atoms with Gasteiger partial charge in [-0.25, -0.2) is 12.8 Å². The second-order valence-electron chi connectivity index (χ2n) is 6.03. The van der Waals surface area contributed by atoms with Crippen LogP contribution in [0.1, 0.15) is 18.4 Å². The van der Waals surface area contributed by atoms with Crippen molar-refractivity contribution in [1.29, 1.82) is 0 Å². The lowest BCUT2D eigenvalue weighted by molar-refractivity contribution is 0.00802. The van der Waals surface area contributed by atoms with E-state index in [1.54, 1.807) is 30.3 Å². The first kappa shape index (κ1) is 18.3. The molecule has 1 atom stereocenters. The van der Waals surface area contributed by atoms with E-state index in [0.717, 1.165) is 12.0 Å². The summed E-state index contributed by atoms with van der Waals surface area (Å²) in [6, 6.07) is 12.5. The third-order valence-electron chi connectivity index (χ3n) is 4.15. The summed E-state index contributed by atoms with van der Waals surface area (Å²) in [4.78, 5) is 0.186. The van der Waals surface area contributed by atoms with Gasteiger partial charge in [0.25, 0.3) is 0 Å². The van der Waals surface area contributed by atoms with E-state index >= 15 is 0 Å². The van der Waals surface area contributed by atoms with Crippen LogP contribution in [0.25, 0.3) is 0 Å². The largest absolute Gasteiger partial charge is 0.372 e. The highest BCUT2D eigenvalue weighted by atomic mass is 35.5. The minimum Gasteiger partial charge on any atom is -0.372 e. The molecule has 0 aliphatic carbocycles. The van der Waals surface area contributed by atoms with Crippen LogP contribution < -0.4 is 0 Å². The van der Waals surface area contributed by atoms with Gasteiger partial charge >= 0.3 is 0 Å². The Kier molecular flexibility index (Phi) is 5.74. The van der Waals surface area contributed by atoms with Gasteiger partial charge in [0.2, 0.25) is 10.0 Å². The Bertz CT molecular complexity index is 844. The zero-order valence-electron chi connectivity index (χ0n) is 13.6. The van der Waals surface area contributed by atoms with Gasteiger partial charge in [0.15, 0.2) is 0 Å². The highest BCUT2D eigenvalue weighted by Gasteiger charge is 2.30. The SMILES string of the molecule is O=S(=O)(c1cccc(Cl)c1)N1CCCC(OCc2cccc(F)c2)C1. The molecule has 0 amide bonds. The maximum Gasteiger partial charge on any atom is 0.243 e. The number of piperidine rings is 1. The number of hydrogen-bond donors (Lipinski definition) is 0. The predicted molar refractivity (Wildman–Crippen MR) is 94.4 cm³/mol. The molecule has 4 nitrogen and oxygen atoms in total. The average Bonchev–Trinajstić information content (AvgIpc) is 2.60. The van der Waals surface area contributed by atoms with Crippen LogP contribution in [0.3, 0.4) is 0 Å². The Morgan fingerprint density at radius 3 is 2.76 bits per heavy atom. The molecule has 0 radical (unpaired) electrons. The number of rotatable bonds is 5. The van der Waals surface area contributed by atoms with Crippen molar-refractivity contribution in [3.63, 3.8) is 0 Å². The molecule has 0 saturated carbocycles. The minimum absolute atomic E-state index is 0.186.